The molecule has 0 spiro atoms. The number of ether oxygens (including phenoxy) is 3. The number of para-hydroxylation sites is 1. The summed E-state index contributed by atoms with van der Waals surface area (Å²) in [4.78, 5) is 29.8. The average Bonchev–Trinajstić information content (AvgIpc) is 3.30. The molecule has 0 aliphatic heterocycles. The van der Waals surface area contributed by atoms with Gasteiger partial charge in [0.1, 0.15) is 5.76 Å². The van der Waals surface area contributed by atoms with Gasteiger partial charge in [-0.15, -0.1) is 0 Å². The van der Waals surface area contributed by atoms with Crippen LogP contribution in [-0.4, -0.2) is 36.3 Å². The number of aromatic nitrogens is 2. The highest BCUT2D eigenvalue weighted by atomic mass is 16.5. The van der Waals surface area contributed by atoms with Gasteiger partial charge in [-0.1, -0.05) is 12.1 Å². The fourth-order valence-electron chi connectivity index (χ4n) is 3.98. The summed E-state index contributed by atoms with van der Waals surface area (Å²) in [5, 5.41) is 4.31. The maximum atomic E-state index is 12.9. The van der Waals surface area contributed by atoms with Crippen molar-refractivity contribution in [2.45, 2.75) is 39.3 Å². The lowest BCUT2D eigenvalue weighted by Gasteiger charge is -2.12. The Labute approximate surface area is 202 Å². The van der Waals surface area contributed by atoms with Gasteiger partial charge in [0.05, 0.1) is 44.1 Å². The van der Waals surface area contributed by atoms with Crippen molar-refractivity contribution in [1.82, 2.24) is 14.9 Å². The molecule has 9 nitrogen and oxygen atoms in total. The highest BCUT2D eigenvalue weighted by Crippen LogP contribution is 2.31. The Kier molecular flexibility index (Phi) is 7.24. The predicted octanol–water partition coefficient (Wildman–Crippen LogP) is 4.22. The van der Waals surface area contributed by atoms with Crippen LogP contribution in [0.2, 0.25) is 0 Å². The van der Waals surface area contributed by atoms with E-state index < -0.39 is 0 Å². The summed E-state index contributed by atoms with van der Waals surface area (Å²) < 4.78 is 23.7. The first-order valence-corrected chi connectivity index (χ1v) is 11.5. The summed E-state index contributed by atoms with van der Waals surface area (Å²) in [6, 6.07) is 10.6. The minimum atomic E-state index is -0.308. The second-order valence-electron chi connectivity index (χ2n) is 8.12. The van der Waals surface area contributed by atoms with E-state index in [1.807, 2.05) is 38.1 Å². The fourth-order valence-corrected chi connectivity index (χ4v) is 3.98. The van der Waals surface area contributed by atoms with Crippen molar-refractivity contribution >= 4 is 27.8 Å². The number of hydrogen-bond donors (Lipinski definition) is 1. The molecule has 1 atom stereocenters. The van der Waals surface area contributed by atoms with E-state index >= 15 is 0 Å². The number of aryl methyl sites for hydroxylation is 1. The molecule has 0 aliphatic rings. The van der Waals surface area contributed by atoms with Gasteiger partial charge in [0, 0.05) is 24.4 Å². The van der Waals surface area contributed by atoms with Crippen LogP contribution in [0.1, 0.15) is 38.5 Å². The van der Waals surface area contributed by atoms with E-state index in [4.69, 9.17) is 18.6 Å². The molecule has 0 saturated carbocycles. The number of furan rings is 1. The van der Waals surface area contributed by atoms with Gasteiger partial charge in [0.15, 0.2) is 22.8 Å². The largest absolute Gasteiger partial charge is 0.493 e. The number of benzene rings is 2. The maximum absolute atomic E-state index is 12.9. The lowest BCUT2D eigenvalue weighted by atomic mass is 10.2. The Morgan fingerprint density at radius 3 is 2.66 bits per heavy atom. The first kappa shape index (κ1) is 24.1. The molecule has 0 aliphatic carbocycles. The minimum absolute atomic E-state index is 0.129. The molecule has 4 rings (SSSR count). The van der Waals surface area contributed by atoms with Crippen molar-refractivity contribution in [3.63, 3.8) is 0 Å². The van der Waals surface area contributed by atoms with Gasteiger partial charge in [0.25, 0.3) is 5.56 Å². The number of carbonyl (C=O) groups excluding carboxylic acids is 1. The van der Waals surface area contributed by atoms with Gasteiger partial charge in [-0.05, 0) is 38.5 Å². The molecule has 1 N–H and O–H groups in total. The SMILES string of the molecule is CCOc1cccc2cc(C(C)NC(=O)CCCn3cnc4cc(OC)c(OC)cc4c3=O)oc12. The summed E-state index contributed by atoms with van der Waals surface area (Å²) in [6.45, 7) is 4.69. The van der Waals surface area contributed by atoms with Crippen LogP contribution in [-0.2, 0) is 11.3 Å². The van der Waals surface area contributed by atoms with Gasteiger partial charge in [0.2, 0.25) is 5.91 Å². The first-order valence-electron chi connectivity index (χ1n) is 11.5. The quantitative estimate of drug-likeness (QED) is 0.363. The van der Waals surface area contributed by atoms with Gasteiger partial charge >= 0.3 is 0 Å². The van der Waals surface area contributed by atoms with Crippen LogP contribution in [0.5, 0.6) is 17.2 Å². The van der Waals surface area contributed by atoms with Crippen LogP contribution in [0.25, 0.3) is 21.9 Å². The Balaban J connectivity index is 1.38. The smallest absolute Gasteiger partial charge is 0.261 e. The molecule has 2 aromatic carbocycles. The highest BCUT2D eigenvalue weighted by Gasteiger charge is 2.17. The second kappa shape index (κ2) is 10.5. The third-order valence-corrected chi connectivity index (χ3v) is 5.76. The molecule has 2 heterocycles. The Bertz CT molecular complexity index is 1410. The zero-order chi connectivity index (χ0) is 24.9. The zero-order valence-electron chi connectivity index (χ0n) is 20.3. The monoisotopic (exact) mass is 479 g/mol. The number of methoxy groups -OCH3 is 2. The standard InChI is InChI=1S/C26H29N3O6/c1-5-34-20-9-6-8-17-12-21(35-25(17)20)16(2)28-24(30)10-7-11-29-15-27-19-14-23(33-4)22(32-3)13-18(19)26(29)31/h6,8-9,12-16H,5,7,10-11H2,1-4H3,(H,28,30). The Hall–Kier alpha value is -4.01. The van der Waals surface area contributed by atoms with E-state index in [2.05, 4.69) is 10.3 Å². The molecular weight excluding hydrogens is 450 g/mol. The number of rotatable bonds is 10. The Morgan fingerprint density at radius 2 is 1.91 bits per heavy atom. The molecular formula is C26H29N3O6. The minimum Gasteiger partial charge on any atom is -0.493 e. The molecule has 0 radical (unpaired) electrons. The molecule has 1 unspecified atom stereocenters. The van der Waals surface area contributed by atoms with Crippen molar-refractivity contribution in [2.24, 2.45) is 0 Å². The van der Waals surface area contributed by atoms with Crippen molar-refractivity contribution in [2.75, 3.05) is 20.8 Å². The van der Waals surface area contributed by atoms with Crippen LogP contribution in [0.15, 0.2) is 51.9 Å². The van der Waals surface area contributed by atoms with E-state index in [9.17, 15) is 9.59 Å². The van der Waals surface area contributed by atoms with Crippen LogP contribution in [0, 0.1) is 0 Å². The number of carbonyl (C=O) groups is 1. The summed E-state index contributed by atoms with van der Waals surface area (Å²) in [6.07, 6.45) is 2.22. The summed E-state index contributed by atoms with van der Waals surface area (Å²) in [5.41, 5.74) is 0.994. The predicted molar refractivity (Wildman–Crippen MR) is 132 cm³/mol. The fraction of sp³-hybridized carbons (Fsp3) is 0.346. The van der Waals surface area contributed by atoms with Crippen LogP contribution >= 0.6 is 0 Å². The van der Waals surface area contributed by atoms with Crippen LogP contribution < -0.4 is 25.1 Å². The van der Waals surface area contributed by atoms with Crippen LogP contribution in [0.4, 0.5) is 0 Å². The summed E-state index contributed by atoms with van der Waals surface area (Å²) >= 11 is 0. The maximum Gasteiger partial charge on any atom is 0.261 e. The molecule has 0 fully saturated rings. The van der Waals surface area contributed by atoms with Crippen molar-refractivity contribution in [1.29, 1.82) is 0 Å². The van der Waals surface area contributed by atoms with Gasteiger partial charge in [-0.2, -0.15) is 0 Å². The van der Waals surface area contributed by atoms with Crippen molar-refractivity contribution < 1.29 is 23.4 Å². The van der Waals surface area contributed by atoms with Gasteiger partial charge < -0.3 is 23.9 Å². The molecule has 9 heteroatoms. The third-order valence-electron chi connectivity index (χ3n) is 5.76. The molecule has 0 saturated heterocycles. The van der Waals surface area contributed by atoms with Gasteiger partial charge in [-0.25, -0.2) is 4.98 Å². The molecule has 4 aromatic rings. The Morgan fingerprint density at radius 1 is 1.14 bits per heavy atom. The molecule has 1 amide bonds. The first-order chi connectivity index (χ1) is 16.9. The number of hydrogen-bond acceptors (Lipinski definition) is 7. The molecule has 184 valence electrons. The molecule has 35 heavy (non-hydrogen) atoms. The number of nitrogens with zero attached hydrogens (tertiary/aromatic N) is 2. The summed E-state index contributed by atoms with van der Waals surface area (Å²) in [7, 11) is 3.05. The van der Waals surface area contributed by atoms with Crippen molar-refractivity contribution in [3.8, 4) is 17.2 Å². The number of fused-ring (bicyclic) bond motifs is 2. The topological polar surface area (TPSA) is 105 Å². The second-order valence-corrected chi connectivity index (χ2v) is 8.12. The lowest BCUT2D eigenvalue weighted by Crippen LogP contribution is -2.27. The molecule has 2 aromatic heterocycles. The molecule has 0 bridgehead atoms. The van der Waals surface area contributed by atoms with E-state index in [0.717, 1.165) is 5.39 Å². The van der Waals surface area contributed by atoms with E-state index in [0.29, 0.717) is 59.1 Å². The summed E-state index contributed by atoms with van der Waals surface area (Å²) in [5.74, 6) is 2.18. The third kappa shape index (κ3) is 5.08. The number of amides is 1. The van der Waals surface area contributed by atoms with Crippen molar-refractivity contribution in [3.05, 3.63) is 58.8 Å². The van der Waals surface area contributed by atoms with Gasteiger partial charge in [-0.3, -0.25) is 14.2 Å². The van der Waals surface area contributed by atoms with E-state index in [1.165, 1.54) is 25.1 Å². The number of nitrogens with one attached hydrogen (secondary N) is 1. The van der Waals surface area contributed by atoms with E-state index in [-0.39, 0.29) is 23.9 Å². The lowest BCUT2D eigenvalue weighted by molar-refractivity contribution is -0.122. The highest BCUT2D eigenvalue weighted by molar-refractivity contribution is 5.84. The normalized spacial score (nSPS) is 12.0. The zero-order valence-corrected chi connectivity index (χ0v) is 20.3. The van der Waals surface area contributed by atoms with Crippen LogP contribution in [0.3, 0.4) is 0 Å². The van der Waals surface area contributed by atoms with E-state index in [1.54, 1.807) is 12.1 Å². The average molecular weight is 480 g/mol.